The number of hydrogen-bond acceptors (Lipinski definition) is 7. The lowest BCUT2D eigenvalue weighted by Crippen LogP contribution is -2.10. The Hall–Kier alpha value is -4.08. The number of anilines is 1. The number of rotatable bonds is 10. The average molecular weight is 582 g/mol. The number of nitrogens with two attached hydrogens (primary N) is 1. The van der Waals surface area contributed by atoms with Gasteiger partial charge in [0.15, 0.2) is 5.82 Å². The summed E-state index contributed by atoms with van der Waals surface area (Å²) in [6, 6.07) is 16.3. The number of fused-ring (bicyclic) bond motifs is 6. The lowest BCUT2D eigenvalue weighted by molar-refractivity contribution is 0.125. The van der Waals surface area contributed by atoms with Gasteiger partial charge < -0.3 is 24.3 Å². The molecule has 0 saturated carbocycles. The molecule has 0 spiro atoms. The summed E-state index contributed by atoms with van der Waals surface area (Å²) in [6.07, 6.45) is 1.87. The Bertz CT molecular complexity index is 1840. The zero-order valence-corrected chi connectivity index (χ0v) is 26.2. The van der Waals surface area contributed by atoms with Crippen molar-refractivity contribution in [3.05, 3.63) is 66.4 Å². The Morgan fingerprint density at radius 2 is 1.21 bits per heavy atom. The number of nitrogen functional groups attached to an aromatic ring is 1. The molecule has 0 radical (unpaired) electrons. The molecule has 6 aromatic rings. The van der Waals surface area contributed by atoms with E-state index in [9.17, 15) is 0 Å². The van der Waals surface area contributed by atoms with Crippen LogP contribution in [0.4, 0.5) is 5.82 Å². The molecule has 0 saturated heterocycles. The van der Waals surface area contributed by atoms with E-state index in [1.165, 1.54) is 5.52 Å². The lowest BCUT2D eigenvalue weighted by Gasteiger charge is -2.13. The zero-order valence-electron chi connectivity index (χ0n) is 26.2. The molecule has 0 aliphatic carbocycles. The van der Waals surface area contributed by atoms with Gasteiger partial charge in [0, 0.05) is 37.1 Å². The van der Waals surface area contributed by atoms with Gasteiger partial charge in [-0.1, -0.05) is 64.1 Å². The van der Waals surface area contributed by atoms with Crippen molar-refractivity contribution in [3.63, 3.8) is 0 Å². The highest BCUT2D eigenvalue weighted by Gasteiger charge is 2.18. The van der Waals surface area contributed by atoms with Gasteiger partial charge in [-0.15, -0.1) is 0 Å². The highest BCUT2D eigenvalue weighted by Crippen LogP contribution is 2.30. The maximum atomic E-state index is 6.14. The van der Waals surface area contributed by atoms with E-state index in [1.54, 1.807) is 0 Å². The Morgan fingerprint density at radius 1 is 0.674 bits per heavy atom. The summed E-state index contributed by atoms with van der Waals surface area (Å²) < 4.78 is 15.7. The molecule has 0 aliphatic heterocycles. The van der Waals surface area contributed by atoms with Crippen molar-refractivity contribution in [2.75, 3.05) is 18.9 Å². The Morgan fingerprint density at radius 3 is 1.81 bits per heavy atom. The molecule has 6 rings (SSSR count). The average Bonchev–Trinajstić information content (AvgIpc) is 3.53. The van der Waals surface area contributed by atoms with Crippen LogP contribution in [0.15, 0.2) is 54.7 Å². The molecule has 9 nitrogen and oxygen atoms in total. The smallest absolute Gasteiger partial charge is 0.152 e. The van der Waals surface area contributed by atoms with Gasteiger partial charge in [0.05, 0.1) is 28.3 Å². The van der Waals surface area contributed by atoms with E-state index in [0.717, 1.165) is 63.1 Å². The van der Waals surface area contributed by atoms with Crippen molar-refractivity contribution in [1.29, 1.82) is 0 Å². The van der Waals surface area contributed by atoms with Crippen molar-refractivity contribution in [3.8, 4) is 0 Å². The number of imidazole rings is 2. The molecule has 43 heavy (non-hydrogen) atoms. The minimum atomic E-state index is 0.481. The van der Waals surface area contributed by atoms with Crippen molar-refractivity contribution < 1.29 is 9.47 Å². The normalized spacial score (nSPS) is 11.8. The van der Waals surface area contributed by atoms with Crippen LogP contribution in [0.2, 0.25) is 0 Å². The van der Waals surface area contributed by atoms with Crippen molar-refractivity contribution in [1.82, 2.24) is 29.1 Å². The zero-order chi connectivity index (χ0) is 30.5. The Kier molecular flexibility index (Phi) is 9.52. The number of aromatic nitrogens is 6. The fraction of sp³-hybridized carbons (Fsp3) is 0.412. The molecule has 226 valence electrons. The number of ether oxygens (including phenoxy) is 2. The molecule has 0 fully saturated rings. The van der Waals surface area contributed by atoms with Gasteiger partial charge in [0.25, 0.3) is 0 Å². The summed E-state index contributed by atoms with van der Waals surface area (Å²) >= 11 is 0. The van der Waals surface area contributed by atoms with Crippen LogP contribution in [0, 0.1) is 11.8 Å². The Labute approximate surface area is 253 Å². The summed E-state index contributed by atoms with van der Waals surface area (Å²) in [5.41, 5.74) is 12.0. The van der Waals surface area contributed by atoms with Crippen LogP contribution >= 0.6 is 0 Å². The standard InChI is InChI=1S/C17H22N4O.C17H21N3O/c1-4-22-10-14-20-15-16(21(14)9-11(2)3)12-7-5-6-8-13(12)19-17(15)18;1-4-21-11-16-19-15-9-18-14-8-6-5-7-13(14)17(15)20(16)10-12(2)3/h5-8,11H,4,9-10H2,1-3H3,(H2,18,19);5-9,12H,4,10-11H2,1-3H3. The largest absolute Gasteiger partial charge is 0.382 e. The topological polar surface area (TPSA) is 106 Å². The quantitative estimate of drug-likeness (QED) is 0.183. The number of benzene rings is 2. The van der Waals surface area contributed by atoms with Crippen LogP contribution in [0.25, 0.3) is 43.9 Å². The molecule has 9 heteroatoms. The van der Waals surface area contributed by atoms with Gasteiger partial charge in [0.1, 0.15) is 35.9 Å². The van der Waals surface area contributed by atoms with Crippen LogP contribution in [0.5, 0.6) is 0 Å². The van der Waals surface area contributed by atoms with E-state index in [0.29, 0.717) is 44.1 Å². The molecule has 0 amide bonds. The first-order valence-corrected chi connectivity index (χ1v) is 15.2. The summed E-state index contributed by atoms with van der Waals surface area (Å²) in [6.45, 7) is 17.1. The first kappa shape index (κ1) is 30.4. The van der Waals surface area contributed by atoms with Crippen LogP contribution < -0.4 is 5.73 Å². The van der Waals surface area contributed by atoms with Gasteiger partial charge in [-0.3, -0.25) is 4.98 Å². The fourth-order valence-electron chi connectivity index (χ4n) is 5.45. The molecule has 0 aliphatic rings. The fourth-order valence-corrected chi connectivity index (χ4v) is 5.45. The van der Waals surface area contributed by atoms with Crippen molar-refractivity contribution in [2.24, 2.45) is 11.8 Å². The second-order valence-electron chi connectivity index (χ2n) is 11.6. The molecular formula is C34H43N7O2. The Balaban J connectivity index is 0.000000171. The van der Waals surface area contributed by atoms with E-state index >= 15 is 0 Å². The van der Waals surface area contributed by atoms with E-state index in [4.69, 9.17) is 25.2 Å². The third kappa shape index (κ3) is 6.48. The maximum Gasteiger partial charge on any atom is 0.152 e. The number of hydrogen-bond donors (Lipinski definition) is 1. The van der Waals surface area contributed by atoms with Gasteiger partial charge in [0.2, 0.25) is 0 Å². The molecule has 0 atom stereocenters. The first-order chi connectivity index (χ1) is 20.8. The highest BCUT2D eigenvalue weighted by molar-refractivity contribution is 6.06. The van der Waals surface area contributed by atoms with E-state index in [1.807, 2.05) is 50.4 Å². The number of nitrogens with zero attached hydrogens (tertiary/aromatic N) is 6. The lowest BCUT2D eigenvalue weighted by atomic mass is 10.1. The number of para-hydroxylation sites is 2. The molecule has 0 bridgehead atoms. The molecule has 4 aromatic heterocycles. The minimum Gasteiger partial charge on any atom is -0.382 e. The predicted molar refractivity (Wildman–Crippen MR) is 175 cm³/mol. The predicted octanol–water partition coefficient (Wildman–Crippen LogP) is 7.14. The van der Waals surface area contributed by atoms with Gasteiger partial charge in [-0.2, -0.15) is 0 Å². The monoisotopic (exact) mass is 581 g/mol. The minimum absolute atomic E-state index is 0.481. The van der Waals surface area contributed by atoms with Crippen LogP contribution in [-0.4, -0.2) is 42.3 Å². The second kappa shape index (κ2) is 13.5. The second-order valence-corrected chi connectivity index (χ2v) is 11.6. The molecule has 2 aromatic carbocycles. The maximum absolute atomic E-state index is 6.14. The van der Waals surface area contributed by atoms with Crippen molar-refractivity contribution in [2.45, 2.75) is 67.8 Å². The summed E-state index contributed by atoms with van der Waals surface area (Å²) in [5.74, 6) is 3.43. The molecule has 4 heterocycles. The number of pyridine rings is 2. The SMILES string of the molecule is CCOCc1nc2c(N)nc3ccccc3c2n1CC(C)C.CCOCc1nc2cnc3ccccc3c2n1CC(C)C. The summed E-state index contributed by atoms with van der Waals surface area (Å²) in [7, 11) is 0. The highest BCUT2D eigenvalue weighted by atomic mass is 16.5. The van der Waals surface area contributed by atoms with E-state index in [-0.39, 0.29) is 0 Å². The van der Waals surface area contributed by atoms with Gasteiger partial charge in [-0.05, 0) is 37.8 Å². The van der Waals surface area contributed by atoms with E-state index in [2.05, 4.69) is 65.0 Å². The van der Waals surface area contributed by atoms with E-state index < -0.39 is 0 Å². The third-order valence-electron chi connectivity index (χ3n) is 7.21. The first-order valence-electron chi connectivity index (χ1n) is 15.2. The summed E-state index contributed by atoms with van der Waals surface area (Å²) in [4.78, 5) is 18.4. The van der Waals surface area contributed by atoms with Crippen LogP contribution in [0.1, 0.15) is 53.2 Å². The summed E-state index contributed by atoms with van der Waals surface area (Å²) in [5, 5.41) is 2.24. The molecule has 0 unspecified atom stereocenters. The third-order valence-corrected chi connectivity index (χ3v) is 7.21. The van der Waals surface area contributed by atoms with Gasteiger partial charge >= 0.3 is 0 Å². The van der Waals surface area contributed by atoms with Crippen LogP contribution in [-0.2, 0) is 35.8 Å². The molecular weight excluding hydrogens is 538 g/mol. The van der Waals surface area contributed by atoms with Crippen LogP contribution in [0.3, 0.4) is 0 Å². The molecule has 2 N–H and O–H groups in total. The van der Waals surface area contributed by atoms with Crippen molar-refractivity contribution >= 4 is 49.7 Å². The van der Waals surface area contributed by atoms with Gasteiger partial charge in [-0.25, -0.2) is 15.0 Å².